The van der Waals surface area contributed by atoms with E-state index in [0.29, 0.717) is 22.4 Å². The van der Waals surface area contributed by atoms with Crippen molar-refractivity contribution in [2.75, 3.05) is 13.2 Å². The zero-order valence-electron chi connectivity index (χ0n) is 16.7. The second kappa shape index (κ2) is 8.26. The lowest BCUT2D eigenvalue weighted by molar-refractivity contribution is 0.223. The van der Waals surface area contributed by atoms with Crippen molar-refractivity contribution in [3.05, 3.63) is 76.3 Å². The minimum absolute atomic E-state index is 0.0128. The predicted octanol–water partition coefficient (Wildman–Crippen LogP) is 3.81. The Morgan fingerprint density at radius 3 is 2.70 bits per heavy atom. The Morgan fingerprint density at radius 1 is 1.20 bits per heavy atom. The molecule has 0 unspecified atom stereocenters. The Hall–Kier alpha value is -2.61. The van der Waals surface area contributed by atoms with Gasteiger partial charge in [-0.3, -0.25) is 4.98 Å². The number of nitrogens with one attached hydrogen (secondary N) is 1. The lowest BCUT2D eigenvalue weighted by atomic mass is 9.97. The molecule has 3 heterocycles. The molecule has 1 aromatic carbocycles. The number of benzene rings is 1. The lowest BCUT2D eigenvalue weighted by Crippen LogP contribution is -2.32. The molecule has 0 radical (unpaired) electrons. The molecular formula is C22H23ClN4O2S. The number of aromatic hydroxyl groups is 1. The second-order valence-electron chi connectivity index (χ2n) is 7.34. The van der Waals surface area contributed by atoms with Gasteiger partial charge in [0.15, 0.2) is 5.11 Å². The Morgan fingerprint density at radius 2 is 2.00 bits per heavy atom. The maximum atomic E-state index is 10.5. The summed E-state index contributed by atoms with van der Waals surface area (Å²) < 4.78 is 1.99. The van der Waals surface area contributed by atoms with Gasteiger partial charge in [-0.1, -0.05) is 17.7 Å². The Labute approximate surface area is 185 Å². The van der Waals surface area contributed by atoms with Crippen LogP contribution in [0.2, 0.25) is 5.02 Å². The van der Waals surface area contributed by atoms with Gasteiger partial charge in [0, 0.05) is 29.2 Å². The topological polar surface area (TPSA) is 73.5 Å². The highest BCUT2D eigenvalue weighted by atomic mass is 35.5. The number of nitrogens with zero attached hydrogens (tertiary/aromatic N) is 3. The summed E-state index contributed by atoms with van der Waals surface area (Å²) in [7, 11) is 0. The number of thiocarbonyl (C=S) groups is 1. The van der Waals surface area contributed by atoms with Gasteiger partial charge in [-0.2, -0.15) is 0 Å². The number of β-amino-alcohol motifs (C(OH)–C–C–N with tert-alkyl or cyclic N) is 1. The number of halogens is 1. The molecule has 3 aromatic rings. The number of aromatic nitrogens is 2. The molecule has 0 spiro atoms. The molecule has 156 valence electrons. The van der Waals surface area contributed by atoms with Gasteiger partial charge in [-0.15, -0.1) is 0 Å². The van der Waals surface area contributed by atoms with Crippen LogP contribution in [0, 0.1) is 13.8 Å². The predicted molar refractivity (Wildman–Crippen MR) is 121 cm³/mol. The molecule has 3 N–H and O–H groups in total. The third kappa shape index (κ3) is 3.53. The number of aryl methyl sites for hydroxylation is 1. The van der Waals surface area contributed by atoms with E-state index in [-0.39, 0.29) is 24.4 Å². The standard InChI is InChI=1S/C22H23ClN4O2S/c1-13-11-16(14(2)27(13)18-12-15(23)6-7-19(18)29)21-20(17-5-3-4-8-24-17)25-22(30)26(21)9-10-28/h3-8,11-12,20-21,28-29H,9-10H2,1-2H3,(H,25,30)/t20-,21+/m1/s1. The van der Waals surface area contributed by atoms with Crippen LogP contribution in [0.25, 0.3) is 5.69 Å². The summed E-state index contributed by atoms with van der Waals surface area (Å²) in [5, 5.41) is 24.6. The molecule has 0 amide bonds. The number of aliphatic hydroxyl groups is 1. The molecule has 0 bridgehead atoms. The van der Waals surface area contributed by atoms with Crippen LogP contribution in [0.4, 0.5) is 0 Å². The summed E-state index contributed by atoms with van der Waals surface area (Å²) in [4.78, 5) is 6.53. The first-order chi connectivity index (χ1) is 14.4. The van der Waals surface area contributed by atoms with E-state index in [1.54, 1.807) is 24.4 Å². The number of hydrogen-bond acceptors (Lipinski definition) is 4. The van der Waals surface area contributed by atoms with Crippen LogP contribution < -0.4 is 5.32 Å². The van der Waals surface area contributed by atoms with E-state index in [1.807, 2.05) is 41.5 Å². The van der Waals surface area contributed by atoms with Crippen molar-refractivity contribution in [3.63, 3.8) is 0 Å². The largest absolute Gasteiger partial charge is 0.506 e. The molecule has 0 aliphatic carbocycles. The van der Waals surface area contributed by atoms with Gasteiger partial charge in [0.05, 0.1) is 30.1 Å². The first-order valence-corrected chi connectivity index (χ1v) is 10.5. The Balaban J connectivity index is 1.86. The highest BCUT2D eigenvalue weighted by molar-refractivity contribution is 7.80. The molecule has 4 rings (SSSR count). The number of hydrogen-bond donors (Lipinski definition) is 3. The van der Waals surface area contributed by atoms with E-state index >= 15 is 0 Å². The van der Waals surface area contributed by atoms with Gasteiger partial charge in [-0.25, -0.2) is 0 Å². The quantitative estimate of drug-likeness (QED) is 0.522. The summed E-state index contributed by atoms with van der Waals surface area (Å²) in [5.74, 6) is 0.154. The van der Waals surface area contributed by atoms with Crippen molar-refractivity contribution in [3.8, 4) is 11.4 Å². The van der Waals surface area contributed by atoms with E-state index < -0.39 is 0 Å². The second-order valence-corrected chi connectivity index (χ2v) is 8.16. The fourth-order valence-corrected chi connectivity index (χ4v) is 4.72. The van der Waals surface area contributed by atoms with Crippen molar-refractivity contribution in [2.45, 2.75) is 25.9 Å². The van der Waals surface area contributed by atoms with Crippen molar-refractivity contribution in [1.29, 1.82) is 0 Å². The highest BCUT2D eigenvalue weighted by Crippen LogP contribution is 2.42. The van der Waals surface area contributed by atoms with Crippen LogP contribution in [0.1, 0.15) is 34.7 Å². The van der Waals surface area contributed by atoms with Gasteiger partial charge in [0.1, 0.15) is 5.75 Å². The third-order valence-corrected chi connectivity index (χ3v) is 6.09. The van der Waals surface area contributed by atoms with Crippen LogP contribution in [0.3, 0.4) is 0 Å². The van der Waals surface area contributed by atoms with Crippen LogP contribution in [0.5, 0.6) is 5.75 Å². The first-order valence-electron chi connectivity index (χ1n) is 9.69. The summed E-state index contributed by atoms with van der Waals surface area (Å²) in [6.07, 6.45) is 1.76. The molecule has 30 heavy (non-hydrogen) atoms. The fourth-order valence-electron chi connectivity index (χ4n) is 4.23. The van der Waals surface area contributed by atoms with E-state index in [9.17, 15) is 10.2 Å². The number of phenols is 1. The Bertz CT molecular complexity index is 1090. The lowest BCUT2D eigenvalue weighted by Gasteiger charge is -2.27. The van der Waals surface area contributed by atoms with Gasteiger partial charge in [0.2, 0.25) is 0 Å². The SMILES string of the molecule is Cc1cc([C@H]2[C@@H](c3ccccn3)NC(=S)N2CCO)c(C)n1-c1cc(Cl)ccc1O. The summed E-state index contributed by atoms with van der Waals surface area (Å²) in [6, 6.07) is 12.6. The molecule has 6 nitrogen and oxygen atoms in total. The van der Waals surface area contributed by atoms with Crippen molar-refractivity contribution < 1.29 is 10.2 Å². The molecular weight excluding hydrogens is 420 g/mol. The van der Waals surface area contributed by atoms with E-state index in [0.717, 1.165) is 22.6 Å². The average Bonchev–Trinajstić information content (AvgIpc) is 3.21. The molecule has 0 saturated carbocycles. The first kappa shape index (κ1) is 20.7. The smallest absolute Gasteiger partial charge is 0.170 e. The molecule has 2 aromatic heterocycles. The Kier molecular flexibility index (Phi) is 5.69. The summed E-state index contributed by atoms with van der Waals surface area (Å²) in [5.41, 5.74) is 4.47. The zero-order valence-corrected chi connectivity index (χ0v) is 18.3. The van der Waals surface area contributed by atoms with E-state index in [4.69, 9.17) is 23.8 Å². The molecule has 1 aliphatic heterocycles. The van der Waals surface area contributed by atoms with Crippen LogP contribution in [-0.2, 0) is 0 Å². The number of pyridine rings is 1. The zero-order chi connectivity index (χ0) is 21.4. The van der Waals surface area contributed by atoms with Crippen LogP contribution >= 0.6 is 23.8 Å². The van der Waals surface area contributed by atoms with Crippen LogP contribution in [-0.4, -0.2) is 42.9 Å². The third-order valence-electron chi connectivity index (χ3n) is 5.51. The molecule has 8 heteroatoms. The van der Waals surface area contributed by atoms with Gasteiger partial charge in [-0.05, 0) is 68.0 Å². The minimum atomic E-state index is -0.160. The summed E-state index contributed by atoms with van der Waals surface area (Å²) in [6.45, 7) is 4.40. The van der Waals surface area contributed by atoms with Gasteiger partial charge >= 0.3 is 0 Å². The van der Waals surface area contributed by atoms with Crippen LogP contribution in [0.15, 0.2) is 48.7 Å². The van der Waals surface area contributed by atoms with E-state index in [2.05, 4.69) is 16.4 Å². The molecule has 2 atom stereocenters. The van der Waals surface area contributed by atoms with Gasteiger partial charge in [0.25, 0.3) is 0 Å². The molecule has 1 fully saturated rings. The van der Waals surface area contributed by atoms with Gasteiger partial charge < -0.3 is 25.0 Å². The maximum absolute atomic E-state index is 10.5. The van der Waals surface area contributed by atoms with Crippen molar-refractivity contribution >= 4 is 28.9 Å². The number of phenolic OH excluding ortho intramolecular Hbond substituents is 1. The van der Waals surface area contributed by atoms with Crippen molar-refractivity contribution in [2.24, 2.45) is 0 Å². The summed E-state index contributed by atoms with van der Waals surface area (Å²) >= 11 is 11.8. The van der Waals surface area contributed by atoms with Crippen molar-refractivity contribution in [1.82, 2.24) is 19.8 Å². The molecule has 1 saturated heterocycles. The molecule has 1 aliphatic rings. The monoisotopic (exact) mass is 442 g/mol. The number of rotatable bonds is 5. The number of aliphatic hydroxyl groups excluding tert-OH is 1. The van der Waals surface area contributed by atoms with E-state index in [1.165, 1.54) is 0 Å². The highest BCUT2D eigenvalue weighted by Gasteiger charge is 2.41. The average molecular weight is 443 g/mol. The minimum Gasteiger partial charge on any atom is -0.506 e. The maximum Gasteiger partial charge on any atom is 0.170 e. The normalized spacial score (nSPS) is 18.7. The fraction of sp³-hybridized carbons (Fsp3) is 0.273.